The van der Waals surface area contributed by atoms with Gasteiger partial charge < -0.3 is 21.7 Å². The van der Waals surface area contributed by atoms with E-state index < -0.39 is 0 Å². The normalized spacial score (nSPS) is 10.0. The van der Waals surface area contributed by atoms with Crippen LogP contribution in [-0.2, 0) is 13.0 Å². The van der Waals surface area contributed by atoms with Crippen LogP contribution in [0, 0.1) is 0 Å². The second-order valence-electron chi connectivity index (χ2n) is 4.96. The molecule has 0 spiro atoms. The lowest BCUT2D eigenvalue weighted by atomic mass is 10.1. The lowest BCUT2D eigenvalue weighted by Gasteiger charge is -2.08. The van der Waals surface area contributed by atoms with E-state index in [4.69, 9.17) is 4.74 Å². The van der Waals surface area contributed by atoms with E-state index in [-0.39, 0.29) is 12.4 Å². The van der Waals surface area contributed by atoms with Gasteiger partial charge in [-0.25, -0.2) is 4.98 Å². The molecule has 3 aromatic rings. The summed E-state index contributed by atoms with van der Waals surface area (Å²) in [7, 11) is 0. The molecule has 0 unspecified atom stereocenters. The van der Waals surface area contributed by atoms with Crippen LogP contribution in [0.15, 0.2) is 73.3 Å². The van der Waals surface area contributed by atoms with Crippen molar-refractivity contribution < 1.29 is 17.1 Å². The number of rotatable bonds is 6. The van der Waals surface area contributed by atoms with E-state index in [2.05, 4.69) is 41.4 Å². The Hall–Kier alpha value is -2.26. The Labute approximate surface area is 137 Å². The van der Waals surface area contributed by atoms with Gasteiger partial charge in [0.05, 0.1) is 12.9 Å². The standard InChI is InChI=1S/C18H18N2O.ClH/c1-2-4-16(5-3-1)14-17-6-8-18(9-7-17)21-13-12-20-11-10-19-15-20;/h1-11,15H,12-14H2;1H/p-1. The van der Waals surface area contributed by atoms with Crippen molar-refractivity contribution in [3.63, 3.8) is 0 Å². The molecule has 0 amide bonds. The summed E-state index contributed by atoms with van der Waals surface area (Å²) in [6.45, 7) is 1.46. The summed E-state index contributed by atoms with van der Waals surface area (Å²) in [5.74, 6) is 0.909. The zero-order chi connectivity index (χ0) is 14.3. The molecule has 0 aliphatic heterocycles. The first-order valence-corrected chi connectivity index (χ1v) is 7.11. The van der Waals surface area contributed by atoms with Crippen LogP contribution in [0.25, 0.3) is 0 Å². The van der Waals surface area contributed by atoms with Gasteiger partial charge in [-0.1, -0.05) is 42.5 Å². The van der Waals surface area contributed by atoms with Crippen LogP contribution in [0.4, 0.5) is 0 Å². The van der Waals surface area contributed by atoms with Crippen molar-refractivity contribution in [2.75, 3.05) is 6.61 Å². The Morgan fingerprint density at radius 2 is 1.64 bits per heavy atom. The van der Waals surface area contributed by atoms with Gasteiger partial charge in [-0.3, -0.25) is 0 Å². The number of aromatic nitrogens is 2. The minimum absolute atomic E-state index is 0. The fourth-order valence-corrected chi connectivity index (χ4v) is 2.22. The van der Waals surface area contributed by atoms with Crippen molar-refractivity contribution in [2.45, 2.75) is 13.0 Å². The van der Waals surface area contributed by atoms with Crippen molar-refractivity contribution in [3.05, 3.63) is 84.4 Å². The Bertz CT molecular complexity index is 651. The van der Waals surface area contributed by atoms with Crippen molar-refractivity contribution >= 4 is 0 Å². The number of hydrogen-bond donors (Lipinski definition) is 0. The predicted molar refractivity (Wildman–Crippen MR) is 83.4 cm³/mol. The summed E-state index contributed by atoms with van der Waals surface area (Å²) < 4.78 is 7.74. The van der Waals surface area contributed by atoms with Gasteiger partial charge in [0.25, 0.3) is 0 Å². The molecule has 0 bridgehead atoms. The van der Waals surface area contributed by atoms with Crippen LogP contribution in [0.5, 0.6) is 5.75 Å². The molecule has 3 rings (SSSR count). The highest BCUT2D eigenvalue weighted by molar-refractivity contribution is 5.31. The lowest BCUT2D eigenvalue weighted by molar-refractivity contribution is -0.00000478. The number of hydrogen-bond acceptors (Lipinski definition) is 2. The molecule has 0 saturated carbocycles. The van der Waals surface area contributed by atoms with Gasteiger partial charge in [-0.15, -0.1) is 0 Å². The molecule has 0 atom stereocenters. The molecule has 0 radical (unpaired) electrons. The first kappa shape index (κ1) is 16.1. The van der Waals surface area contributed by atoms with Gasteiger partial charge in [0.2, 0.25) is 0 Å². The summed E-state index contributed by atoms with van der Waals surface area (Å²) in [5.41, 5.74) is 2.62. The fraction of sp³-hybridized carbons (Fsp3) is 0.167. The third-order valence-electron chi connectivity index (χ3n) is 3.35. The molecule has 22 heavy (non-hydrogen) atoms. The van der Waals surface area contributed by atoms with Crippen molar-refractivity contribution in [2.24, 2.45) is 0 Å². The predicted octanol–water partition coefficient (Wildman–Crippen LogP) is 0.557. The van der Waals surface area contributed by atoms with Gasteiger partial charge in [-0.2, -0.15) is 0 Å². The summed E-state index contributed by atoms with van der Waals surface area (Å²) in [6, 6.07) is 18.8. The maximum absolute atomic E-state index is 5.74. The molecular weight excluding hydrogens is 296 g/mol. The topological polar surface area (TPSA) is 27.1 Å². The summed E-state index contributed by atoms with van der Waals surface area (Å²) in [4.78, 5) is 4.01. The Balaban J connectivity index is 0.00000176. The second-order valence-corrected chi connectivity index (χ2v) is 4.96. The highest BCUT2D eigenvalue weighted by atomic mass is 35.5. The van der Waals surface area contributed by atoms with E-state index in [0.717, 1.165) is 18.7 Å². The van der Waals surface area contributed by atoms with E-state index in [0.29, 0.717) is 6.61 Å². The Kier molecular flexibility index (Phi) is 6.04. The molecule has 2 aromatic carbocycles. The molecule has 1 heterocycles. The number of imidazole rings is 1. The third-order valence-corrected chi connectivity index (χ3v) is 3.35. The average molecular weight is 314 g/mol. The highest BCUT2D eigenvalue weighted by Crippen LogP contribution is 2.15. The summed E-state index contributed by atoms with van der Waals surface area (Å²) in [6.07, 6.45) is 6.47. The lowest BCUT2D eigenvalue weighted by Crippen LogP contribution is -3.00. The Morgan fingerprint density at radius 3 is 2.32 bits per heavy atom. The first-order chi connectivity index (χ1) is 10.4. The van der Waals surface area contributed by atoms with Crippen molar-refractivity contribution in [1.82, 2.24) is 9.55 Å². The number of benzene rings is 2. The maximum Gasteiger partial charge on any atom is 0.119 e. The summed E-state index contributed by atoms with van der Waals surface area (Å²) >= 11 is 0. The number of halogens is 1. The van der Waals surface area contributed by atoms with E-state index in [1.54, 1.807) is 12.5 Å². The molecular formula is C18H18ClN2O-. The van der Waals surface area contributed by atoms with E-state index in [1.807, 2.05) is 29.0 Å². The van der Waals surface area contributed by atoms with Crippen LogP contribution in [-0.4, -0.2) is 16.2 Å². The molecule has 114 valence electrons. The van der Waals surface area contributed by atoms with Gasteiger partial charge >= 0.3 is 0 Å². The maximum atomic E-state index is 5.74. The van der Waals surface area contributed by atoms with E-state index in [9.17, 15) is 0 Å². The van der Waals surface area contributed by atoms with Crippen molar-refractivity contribution in [3.8, 4) is 5.75 Å². The van der Waals surface area contributed by atoms with E-state index >= 15 is 0 Å². The van der Waals surface area contributed by atoms with Gasteiger partial charge in [-0.05, 0) is 29.7 Å². The smallest absolute Gasteiger partial charge is 0.119 e. The fourth-order valence-electron chi connectivity index (χ4n) is 2.22. The van der Waals surface area contributed by atoms with Crippen LogP contribution in [0.1, 0.15) is 11.1 Å². The largest absolute Gasteiger partial charge is 1.00 e. The zero-order valence-electron chi connectivity index (χ0n) is 12.2. The monoisotopic (exact) mass is 313 g/mol. The molecule has 1 aromatic heterocycles. The molecule has 0 aliphatic rings. The van der Waals surface area contributed by atoms with E-state index in [1.165, 1.54) is 11.1 Å². The molecule has 3 nitrogen and oxygen atoms in total. The first-order valence-electron chi connectivity index (χ1n) is 7.11. The zero-order valence-corrected chi connectivity index (χ0v) is 13.0. The highest BCUT2D eigenvalue weighted by Gasteiger charge is 1.98. The van der Waals surface area contributed by atoms with Crippen LogP contribution in [0.3, 0.4) is 0 Å². The average Bonchev–Trinajstić information content (AvgIpc) is 3.03. The molecule has 0 N–H and O–H groups in total. The number of ether oxygens (including phenoxy) is 1. The van der Waals surface area contributed by atoms with Crippen molar-refractivity contribution in [1.29, 1.82) is 0 Å². The van der Waals surface area contributed by atoms with Gasteiger partial charge in [0.15, 0.2) is 0 Å². The molecule has 0 saturated heterocycles. The summed E-state index contributed by atoms with van der Waals surface area (Å²) in [5, 5.41) is 0. The third kappa shape index (κ3) is 4.64. The second kappa shape index (κ2) is 8.25. The minimum Gasteiger partial charge on any atom is -1.00 e. The van der Waals surface area contributed by atoms with Gasteiger partial charge in [0, 0.05) is 12.4 Å². The number of nitrogens with zero attached hydrogens (tertiary/aromatic N) is 2. The van der Waals surface area contributed by atoms with Crippen LogP contribution in [0.2, 0.25) is 0 Å². The minimum atomic E-state index is 0. The molecule has 0 fully saturated rings. The van der Waals surface area contributed by atoms with Crippen LogP contribution >= 0.6 is 0 Å². The van der Waals surface area contributed by atoms with Crippen LogP contribution < -0.4 is 17.1 Å². The Morgan fingerprint density at radius 1 is 0.909 bits per heavy atom. The quantitative estimate of drug-likeness (QED) is 0.665. The SMILES string of the molecule is [Cl-].c1ccc(Cc2ccc(OCCn3ccnc3)cc2)cc1. The molecule has 0 aliphatic carbocycles. The molecule has 4 heteroatoms. The van der Waals surface area contributed by atoms with Gasteiger partial charge in [0.1, 0.15) is 12.4 Å².